The summed E-state index contributed by atoms with van der Waals surface area (Å²) in [5, 5.41) is 3.41. The van der Waals surface area contributed by atoms with E-state index in [4.69, 9.17) is 11.6 Å². The number of hydrogen-bond donors (Lipinski definition) is 1. The minimum atomic E-state index is -3.49. The van der Waals surface area contributed by atoms with E-state index >= 15 is 0 Å². The summed E-state index contributed by atoms with van der Waals surface area (Å²) < 4.78 is 48.5. The molecular formula is C18H17ClN2O5S3. The van der Waals surface area contributed by atoms with Gasteiger partial charge < -0.3 is 5.32 Å². The third-order valence-electron chi connectivity index (χ3n) is 4.02. The minimum absolute atomic E-state index is 0.0112. The summed E-state index contributed by atoms with van der Waals surface area (Å²) in [6, 6.07) is 10.4. The third-order valence-corrected chi connectivity index (χ3v) is 8.14. The SMILES string of the molecule is CS(=O)(=O)c1ccc2nc(NC(=O)CCCS(=O)(=O)c3ccc(Cl)cc3)sc2c1. The van der Waals surface area contributed by atoms with Crippen molar-refractivity contribution in [2.75, 3.05) is 17.3 Å². The van der Waals surface area contributed by atoms with Gasteiger partial charge in [-0.2, -0.15) is 0 Å². The molecule has 2 aromatic carbocycles. The van der Waals surface area contributed by atoms with Crippen LogP contribution in [0.2, 0.25) is 5.02 Å². The van der Waals surface area contributed by atoms with Crippen LogP contribution in [0.25, 0.3) is 10.2 Å². The number of anilines is 1. The summed E-state index contributed by atoms with van der Waals surface area (Å²) in [4.78, 5) is 16.7. The van der Waals surface area contributed by atoms with E-state index in [2.05, 4.69) is 10.3 Å². The molecule has 1 heterocycles. The van der Waals surface area contributed by atoms with Gasteiger partial charge in [-0.25, -0.2) is 21.8 Å². The Kier molecular flexibility index (Phi) is 6.27. The molecule has 1 N–H and O–H groups in total. The predicted octanol–water partition coefficient (Wildman–Crippen LogP) is 3.55. The van der Waals surface area contributed by atoms with Crippen LogP contribution < -0.4 is 5.32 Å². The van der Waals surface area contributed by atoms with Crippen molar-refractivity contribution in [3.63, 3.8) is 0 Å². The maximum Gasteiger partial charge on any atom is 0.226 e. The van der Waals surface area contributed by atoms with Crippen molar-refractivity contribution < 1.29 is 21.6 Å². The Morgan fingerprint density at radius 3 is 2.38 bits per heavy atom. The Labute approximate surface area is 177 Å². The highest BCUT2D eigenvalue weighted by Gasteiger charge is 2.16. The van der Waals surface area contributed by atoms with Crippen molar-refractivity contribution in [1.82, 2.24) is 4.98 Å². The van der Waals surface area contributed by atoms with E-state index in [1.165, 1.54) is 36.4 Å². The molecule has 0 aliphatic heterocycles. The Hall–Kier alpha value is -2.01. The van der Waals surface area contributed by atoms with E-state index < -0.39 is 19.7 Å². The lowest BCUT2D eigenvalue weighted by Gasteiger charge is -2.05. The molecule has 0 spiro atoms. The van der Waals surface area contributed by atoms with Crippen LogP contribution >= 0.6 is 22.9 Å². The van der Waals surface area contributed by atoms with Crippen LogP contribution in [0.5, 0.6) is 0 Å². The minimum Gasteiger partial charge on any atom is -0.302 e. The smallest absolute Gasteiger partial charge is 0.226 e. The predicted molar refractivity (Wildman–Crippen MR) is 114 cm³/mol. The number of amides is 1. The molecule has 29 heavy (non-hydrogen) atoms. The van der Waals surface area contributed by atoms with Crippen LogP contribution in [-0.4, -0.2) is 39.7 Å². The number of thiazole rings is 1. The van der Waals surface area contributed by atoms with Gasteiger partial charge in [0.15, 0.2) is 24.8 Å². The van der Waals surface area contributed by atoms with Crippen LogP contribution in [0.4, 0.5) is 5.13 Å². The van der Waals surface area contributed by atoms with Gasteiger partial charge in [-0.3, -0.25) is 4.79 Å². The van der Waals surface area contributed by atoms with E-state index in [-0.39, 0.29) is 34.3 Å². The Bertz CT molecular complexity index is 1270. The molecule has 0 aliphatic rings. The highest BCUT2D eigenvalue weighted by Crippen LogP contribution is 2.28. The lowest BCUT2D eigenvalue weighted by molar-refractivity contribution is -0.116. The summed E-state index contributed by atoms with van der Waals surface area (Å²) in [5.41, 5.74) is 0.572. The van der Waals surface area contributed by atoms with E-state index in [9.17, 15) is 21.6 Å². The second-order valence-electron chi connectivity index (χ2n) is 6.35. The molecule has 3 rings (SSSR count). The fraction of sp³-hybridized carbons (Fsp3) is 0.222. The molecule has 1 amide bonds. The van der Waals surface area contributed by atoms with Crippen LogP contribution in [0.1, 0.15) is 12.8 Å². The van der Waals surface area contributed by atoms with E-state index in [1.54, 1.807) is 6.07 Å². The number of aromatic nitrogens is 1. The Balaban J connectivity index is 1.60. The number of nitrogens with zero attached hydrogens (tertiary/aromatic N) is 1. The van der Waals surface area contributed by atoms with Gasteiger partial charge in [0.05, 0.1) is 25.8 Å². The van der Waals surface area contributed by atoms with E-state index in [1.807, 2.05) is 0 Å². The van der Waals surface area contributed by atoms with Gasteiger partial charge in [0, 0.05) is 17.7 Å². The van der Waals surface area contributed by atoms with Crippen LogP contribution in [0.3, 0.4) is 0 Å². The van der Waals surface area contributed by atoms with Gasteiger partial charge in [0.2, 0.25) is 5.91 Å². The molecule has 0 aliphatic carbocycles. The number of rotatable bonds is 7. The standard InChI is InChI=1S/C18H17ClN2O5S3/c1-28(23,24)14-8-9-15-16(11-14)27-18(20-15)21-17(22)3-2-10-29(25,26)13-6-4-12(19)5-7-13/h4-9,11H,2-3,10H2,1H3,(H,20,21,22). The fourth-order valence-electron chi connectivity index (χ4n) is 2.55. The lowest BCUT2D eigenvalue weighted by atomic mass is 10.3. The maximum atomic E-state index is 12.3. The van der Waals surface area contributed by atoms with Gasteiger partial charge in [0.25, 0.3) is 0 Å². The molecule has 0 fully saturated rings. The van der Waals surface area contributed by atoms with Gasteiger partial charge >= 0.3 is 0 Å². The first-order valence-electron chi connectivity index (χ1n) is 8.43. The maximum absolute atomic E-state index is 12.3. The number of carbonyl (C=O) groups is 1. The molecule has 0 bridgehead atoms. The fourth-order valence-corrected chi connectivity index (χ4v) is 5.63. The van der Waals surface area contributed by atoms with Crippen molar-refractivity contribution in [3.8, 4) is 0 Å². The van der Waals surface area contributed by atoms with Crippen molar-refractivity contribution in [3.05, 3.63) is 47.5 Å². The van der Waals surface area contributed by atoms with Crippen molar-refractivity contribution in [1.29, 1.82) is 0 Å². The molecule has 3 aromatic rings. The van der Waals surface area contributed by atoms with Crippen LogP contribution in [0, 0.1) is 0 Å². The molecular weight excluding hydrogens is 456 g/mol. The molecule has 11 heteroatoms. The average molecular weight is 473 g/mol. The Morgan fingerprint density at radius 2 is 1.72 bits per heavy atom. The van der Waals surface area contributed by atoms with Crippen LogP contribution in [0.15, 0.2) is 52.3 Å². The molecule has 0 radical (unpaired) electrons. The number of benzene rings is 2. The number of fused-ring (bicyclic) bond motifs is 1. The summed E-state index contributed by atoms with van der Waals surface area (Å²) in [5.74, 6) is -0.529. The molecule has 7 nitrogen and oxygen atoms in total. The number of carbonyl (C=O) groups excluding carboxylic acids is 1. The third kappa shape index (κ3) is 5.53. The van der Waals surface area contributed by atoms with Gasteiger partial charge in [-0.15, -0.1) is 0 Å². The molecule has 0 saturated heterocycles. The molecule has 0 atom stereocenters. The topological polar surface area (TPSA) is 110 Å². The lowest BCUT2D eigenvalue weighted by Crippen LogP contribution is -2.14. The normalized spacial score (nSPS) is 12.2. The molecule has 0 unspecified atom stereocenters. The van der Waals surface area contributed by atoms with E-state index in [0.717, 1.165) is 17.6 Å². The van der Waals surface area contributed by atoms with Gasteiger partial charge in [0.1, 0.15) is 0 Å². The number of sulfone groups is 2. The van der Waals surface area contributed by atoms with Gasteiger partial charge in [-0.05, 0) is 48.9 Å². The first-order chi connectivity index (χ1) is 13.5. The molecule has 0 saturated carbocycles. The average Bonchev–Trinajstić information content (AvgIpc) is 3.02. The monoisotopic (exact) mass is 472 g/mol. The van der Waals surface area contributed by atoms with E-state index in [0.29, 0.717) is 20.4 Å². The zero-order valence-corrected chi connectivity index (χ0v) is 18.5. The van der Waals surface area contributed by atoms with Crippen molar-refractivity contribution >= 4 is 63.9 Å². The Morgan fingerprint density at radius 1 is 1.07 bits per heavy atom. The highest BCUT2D eigenvalue weighted by atomic mass is 35.5. The highest BCUT2D eigenvalue weighted by molar-refractivity contribution is 7.91. The zero-order valence-electron chi connectivity index (χ0n) is 15.3. The van der Waals surface area contributed by atoms with Crippen molar-refractivity contribution in [2.24, 2.45) is 0 Å². The quantitative estimate of drug-likeness (QED) is 0.563. The number of nitrogens with one attached hydrogen (secondary N) is 1. The van der Waals surface area contributed by atoms with Crippen molar-refractivity contribution in [2.45, 2.75) is 22.6 Å². The second-order valence-corrected chi connectivity index (χ2v) is 11.9. The zero-order chi connectivity index (χ0) is 21.2. The number of halogens is 1. The first-order valence-corrected chi connectivity index (χ1v) is 13.2. The second kappa shape index (κ2) is 8.39. The van der Waals surface area contributed by atoms with Crippen LogP contribution in [-0.2, 0) is 24.5 Å². The first kappa shape index (κ1) is 21.7. The summed E-state index contributed by atoms with van der Waals surface area (Å²) in [6.45, 7) is 0. The summed E-state index contributed by atoms with van der Waals surface area (Å²) >= 11 is 6.92. The molecule has 154 valence electrons. The summed E-state index contributed by atoms with van der Waals surface area (Å²) in [7, 11) is -6.83. The summed E-state index contributed by atoms with van der Waals surface area (Å²) in [6.07, 6.45) is 1.28. The number of hydrogen-bond acceptors (Lipinski definition) is 7. The molecule has 1 aromatic heterocycles. The largest absolute Gasteiger partial charge is 0.302 e. The van der Waals surface area contributed by atoms with Gasteiger partial charge in [-0.1, -0.05) is 22.9 Å².